The second-order valence-corrected chi connectivity index (χ2v) is 7.78. The van der Waals surface area contributed by atoms with Gasteiger partial charge in [-0.3, -0.25) is 9.59 Å². The van der Waals surface area contributed by atoms with Crippen LogP contribution in [0.25, 0.3) is 0 Å². The van der Waals surface area contributed by atoms with Gasteiger partial charge in [-0.2, -0.15) is 0 Å². The van der Waals surface area contributed by atoms with Crippen LogP contribution >= 0.6 is 0 Å². The van der Waals surface area contributed by atoms with Gasteiger partial charge in [0.15, 0.2) is 11.5 Å². The molecule has 2 aliphatic rings. The molecule has 0 aliphatic carbocycles. The lowest BCUT2D eigenvalue weighted by Crippen LogP contribution is -2.52. The van der Waals surface area contributed by atoms with E-state index < -0.39 is 10.0 Å². The third-order valence-corrected chi connectivity index (χ3v) is 5.71. The standard InChI is InChI=1S/C16H21N3O6S/c1-12(20)18-4-6-19(7-5-18)16(21)11-17-26(22,23)13-2-3-14-15(10-13)25-9-8-24-14/h2-3,10,17H,4-9,11H2,1H3. The highest BCUT2D eigenvalue weighted by Crippen LogP contribution is 2.32. The number of sulfonamides is 1. The maximum absolute atomic E-state index is 12.4. The van der Waals surface area contributed by atoms with Crippen LogP contribution in [0.2, 0.25) is 0 Å². The Labute approximate surface area is 151 Å². The Morgan fingerprint density at radius 3 is 2.31 bits per heavy atom. The van der Waals surface area contributed by atoms with Gasteiger partial charge in [-0.15, -0.1) is 0 Å². The monoisotopic (exact) mass is 383 g/mol. The molecule has 142 valence electrons. The number of rotatable bonds is 4. The molecule has 0 spiro atoms. The van der Waals surface area contributed by atoms with Crippen molar-refractivity contribution in [2.75, 3.05) is 45.9 Å². The highest BCUT2D eigenvalue weighted by molar-refractivity contribution is 7.89. The van der Waals surface area contributed by atoms with E-state index in [9.17, 15) is 18.0 Å². The first-order valence-corrected chi connectivity index (χ1v) is 9.78. The van der Waals surface area contributed by atoms with Gasteiger partial charge in [-0.25, -0.2) is 13.1 Å². The minimum atomic E-state index is -3.85. The zero-order valence-electron chi connectivity index (χ0n) is 14.4. The average molecular weight is 383 g/mol. The molecule has 1 saturated heterocycles. The van der Waals surface area contributed by atoms with Crippen molar-refractivity contribution in [1.82, 2.24) is 14.5 Å². The molecule has 0 aromatic heterocycles. The van der Waals surface area contributed by atoms with Gasteiger partial charge in [0.2, 0.25) is 21.8 Å². The van der Waals surface area contributed by atoms with E-state index in [1.54, 1.807) is 9.80 Å². The number of ether oxygens (including phenoxy) is 2. The van der Waals surface area contributed by atoms with Crippen molar-refractivity contribution in [3.8, 4) is 11.5 Å². The summed E-state index contributed by atoms with van der Waals surface area (Å²) >= 11 is 0. The van der Waals surface area contributed by atoms with Gasteiger partial charge in [-0.05, 0) is 12.1 Å². The number of benzene rings is 1. The van der Waals surface area contributed by atoms with Crippen molar-refractivity contribution in [3.63, 3.8) is 0 Å². The molecular formula is C16H21N3O6S. The van der Waals surface area contributed by atoms with Crippen LogP contribution in [0.1, 0.15) is 6.92 Å². The average Bonchev–Trinajstić information content (AvgIpc) is 2.65. The molecule has 1 fully saturated rings. The van der Waals surface area contributed by atoms with Crippen LogP contribution in [-0.2, 0) is 19.6 Å². The van der Waals surface area contributed by atoms with Gasteiger partial charge in [0.25, 0.3) is 0 Å². The first-order chi connectivity index (χ1) is 12.4. The van der Waals surface area contributed by atoms with E-state index in [0.717, 1.165) is 0 Å². The summed E-state index contributed by atoms with van der Waals surface area (Å²) < 4.78 is 37.9. The van der Waals surface area contributed by atoms with Crippen LogP contribution in [0.4, 0.5) is 0 Å². The fourth-order valence-corrected chi connectivity index (χ4v) is 3.80. The molecule has 10 heteroatoms. The van der Waals surface area contributed by atoms with Crippen molar-refractivity contribution in [2.45, 2.75) is 11.8 Å². The zero-order chi connectivity index (χ0) is 18.7. The molecule has 2 amide bonds. The van der Waals surface area contributed by atoms with E-state index in [-0.39, 0.29) is 23.3 Å². The summed E-state index contributed by atoms with van der Waals surface area (Å²) in [5.41, 5.74) is 0. The highest BCUT2D eigenvalue weighted by atomic mass is 32.2. The molecule has 1 N–H and O–H groups in total. The maximum atomic E-state index is 12.4. The normalized spacial score (nSPS) is 17.1. The molecule has 9 nitrogen and oxygen atoms in total. The van der Waals surface area contributed by atoms with E-state index >= 15 is 0 Å². The van der Waals surface area contributed by atoms with Crippen LogP contribution in [0, 0.1) is 0 Å². The predicted octanol–water partition coefficient (Wildman–Crippen LogP) is -0.573. The van der Waals surface area contributed by atoms with E-state index in [2.05, 4.69) is 4.72 Å². The topological polar surface area (TPSA) is 105 Å². The van der Waals surface area contributed by atoms with Crippen molar-refractivity contribution in [2.24, 2.45) is 0 Å². The molecular weight excluding hydrogens is 362 g/mol. The fraction of sp³-hybridized carbons (Fsp3) is 0.500. The number of hydrogen-bond acceptors (Lipinski definition) is 6. The van der Waals surface area contributed by atoms with Crippen molar-refractivity contribution in [1.29, 1.82) is 0 Å². The number of carbonyl (C=O) groups is 2. The predicted molar refractivity (Wildman–Crippen MR) is 91.5 cm³/mol. The van der Waals surface area contributed by atoms with Crippen molar-refractivity contribution >= 4 is 21.8 Å². The molecule has 2 heterocycles. The number of hydrogen-bond donors (Lipinski definition) is 1. The second kappa shape index (κ2) is 7.50. The van der Waals surface area contributed by atoms with Crippen LogP contribution in [0.3, 0.4) is 0 Å². The van der Waals surface area contributed by atoms with Gasteiger partial charge in [0.1, 0.15) is 13.2 Å². The number of carbonyl (C=O) groups excluding carboxylic acids is 2. The Hall–Kier alpha value is -2.33. The minimum Gasteiger partial charge on any atom is -0.486 e. The van der Waals surface area contributed by atoms with Gasteiger partial charge >= 0.3 is 0 Å². The third kappa shape index (κ3) is 4.07. The smallest absolute Gasteiger partial charge is 0.241 e. The number of piperazine rings is 1. The molecule has 1 aromatic carbocycles. The Morgan fingerprint density at radius 2 is 1.65 bits per heavy atom. The molecule has 2 aliphatic heterocycles. The first kappa shape index (κ1) is 18.5. The Morgan fingerprint density at radius 1 is 1.04 bits per heavy atom. The van der Waals surface area contributed by atoms with E-state index in [4.69, 9.17) is 9.47 Å². The van der Waals surface area contributed by atoms with Crippen LogP contribution in [0.15, 0.2) is 23.1 Å². The van der Waals surface area contributed by atoms with Crippen LogP contribution < -0.4 is 14.2 Å². The van der Waals surface area contributed by atoms with Gasteiger partial charge in [0.05, 0.1) is 11.4 Å². The lowest BCUT2D eigenvalue weighted by atomic mass is 10.3. The number of amides is 2. The zero-order valence-corrected chi connectivity index (χ0v) is 15.3. The number of fused-ring (bicyclic) bond motifs is 1. The Kier molecular flexibility index (Phi) is 5.33. The second-order valence-electron chi connectivity index (χ2n) is 6.02. The molecule has 0 atom stereocenters. The Bertz CT molecular complexity index is 802. The summed E-state index contributed by atoms with van der Waals surface area (Å²) in [6.45, 7) is 3.62. The van der Waals surface area contributed by atoms with E-state index in [0.29, 0.717) is 50.9 Å². The quantitative estimate of drug-likeness (QED) is 0.746. The van der Waals surface area contributed by atoms with E-state index in [1.807, 2.05) is 0 Å². The van der Waals surface area contributed by atoms with Gasteiger partial charge in [0, 0.05) is 39.2 Å². The molecule has 26 heavy (non-hydrogen) atoms. The summed E-state index contributed by atoms with van der Waals surface area (Å²) in [4.78, 5) is 26.8. The summed E-state index contributed by atoms with van der Waals surface area (Å²) in [5, 5.41) is 0. The molecule has 0 bridgehead atoms. The fourth-order valence-electron chi connectivity index (χ4n) is 2.81. The third-order valence-electron chi connectivity index (χ3n) is 4.32. The highest BCUT2D eigenvalue weighted by Gasteiger charge is 2.24. The lowest BCUT2D eigenvalue weighted by molar-refractivity contribution is -0.137. The number of nitrogens with one attached hydrogen (secondary N) is 1. The van der Waals surface area contributed by atoms with Crippen molar-refractivity contribution in [3.05, 3.63) is 18.2 Å². The summed E-state index contributed by atoms with van der Waals surface area (Å²) in [5.74, 6) is 0.506. The summed E-state index contributed by atoms with van der Waals surface area (Å²) in [6.07, 6.45) is 0. The largest absolute Gasteiger partial charge is 0.486 e. The molecule has 0 unspecified atom stereocenters. The van der Waals surface area contributed by atoms with Gasteiger partial charge < -0.3 is 19.3 Å². The molecule has 0 saturated carbocycles. The first-order valence-electron chi connectivity index (χ1n) is 8.29. The van der Waals surface area contributed by atoms with E-state index in [1.165, 1.54) is 25.1 Å². The Balaban J connectivity index is 1.58. The maximum Gasteiger partial charge on any atom is 0.241 e. The number of nitrogens with zero attached hydrogens (tertiary/aromatic N) is 2. The lowest BCUT2D eigenvalue weighted by Gasteiger charge is -2.34. The van der Waals surface area contributed by atoms with Crippen molar-refractivity contribution < 1.29 is 27.5 Å². The minimum absolute atomic E-state index is 0.0101. The van der Waals surface area contributed by atoms with Crippen LogP contribution in [-0.4, -0.2) is 76.0 Å². The SMILES string of the molecule is CC(=O)N1CCN(C(=O)CNS(=O)(=O)c2ccc3c(c2)OCCO3)CC1. The van der Waals surface area contributed by atoms with Gasteiger partial charge in [-0.1, -0.05) is 0 Å². The summed E-state index contributed by atoms with van der Waals surface area (Å²) in [6, 6.07) is 4.32. The summed E-state index contributed by atoms with van der Waals surface area (Å²) in [7, 11) is -3.85. The molecule has 3 rings (SSSR count). The van der Waals surface area contributed by atoms with Crippen LogP contribution in [0.5, 0.6) is 11.5 Å². The molecule has 0 radical (unpaired) electrons. The molecule has 1 aromatic rings.